The molecule has 2 aromatic carbocycles. The fraction of sp³-hybridized carbons (Fsp3) is 0.200. The standard InChI is InChI=1S/C20H15ClF3N3O/c21-15-2-1-13(18(24)8-15)5-12-10-26(11-12)20(28)27-19(3-4-25-27)14-6-16(22)9-17(23)7-14/h1-2,4-9,19H,3,10-11H2. The second kappa shape index (κ2) is 7.31. The summed E-state index contributed by atoms with van der Waals surface area (Å²) >= 11 is 5.74. The molecular weight excluding hydrogens is 391 g/mol. The quantitative estimate of drug-likeness (QED) is 0.692. The van der Waals surface area contributed by atoms with Crippen molar-refractivity contribution in [2.24, 2.45) is 5.10 Å². The summed E-state index contributed by atoms with van der Waals surface area (Å²) in [5.41, 5.74) is 1.63. The number of halogens is 4. The summed E-state index contributed by atoms with van der Waals surface area (Å²) in [6.45, 7) is 0.661. The van der Waals surface area contributed by atoms with E-state index in [1.54, 1.807) is 24.4 Å². The highest BCUT2D eigenvalue weighted by Crippen LogP contribution is 2.32. The zero-order valence-corrected chi connectivity index (χ0v) is 15.3. The van der Waals surface area contributed by atoms with Gasteiger partial charge in [0.25, 0.3) is 0 Å². The summed E-state index contributed by atoms with van der Waals surface area (Å²) in [7, 11) is 0. The van der Waals surface area contributed by atoms with E-state index in [2.05, 4.69) is 5.10 Å². The summed E-state index contributed by atoms with van der Waals surface area (Å²) in [5.74, 6) is -1.83. The molecule has 1 fully saturated rings. The molecule has 4 nitrogen and oxygen atoms in total. The largest absolute Gasteiger partial charge is 0.341 e. The maximum Gasteiger partial charge on any atom is 0.341 e. The van der Waals surface area contributed by atoms with Crippen LogP contribution in [0.3, 0.4) is 0 Å². The summed E-state index contributed by atoms with van der Waals surface area (Å²) < 4.78 is 40.9. The molecule has 1 atom stereocenters. The van der Waals surface area contributed by atoms with Gasteiger partial charge in [0.2, 0.25) is 0 Å². The molecule has 1 unspecified atom stereocenters. The van der Waals surface area contributed by atoms with E-state index < -0.39 is 23.5 Å². The fourth-order valence-electron chi connectivity index (χ4n) is 3.30. The lowest BCUT2D eigenvalue weighted by atomic mass is 10.0. The lowest BCUT2D eigenvalue weighted by Gasteiger charge is -2.37. The Labute approximate surface area is 164 Å². The molecule has 1 saturated heterocycles. The molecule has 2 amide bonds. The highest BCUT2D eigenvalue weighted by Gasteiger charge is 2.35. The van der Waals surface area contributed by atoms with Crippen LogP contribution in [0.25, 0.3) is 6.08 Å². The molecular formula is C20H15ClF3N3O. The third-order valence-corrected chi connectivity index (χ3v) is 4.91. The third-order valence-electron chi connectivity index (χ3n) is 4.68. The van der Waals surface area contributed by atoms with Crippen LogP contribution in [0, 0.1) is 17.5 Å². The van der Waals surface area contributed by atoms with Crippen molar-refractivity contribution in [2.45, 2.75) is 12.5 Å². The average molecular weight is 406 g/mol. The van der Waals surface area contributed by atoms with Crippen LogP contribution in [0.2, 0.25) is 5.02 Å². The maximum absolute atomic E-state index is 13.9. The number of hydrazone groups is 1. The summed E-state index contributed by atoms with van der Waals surface area (Å²) in [6, 6.07) is 6.68. The second-order valence-corrected chi connectivity index (χ2v) is 7.14. The van der Waals surface area contributed by atoms with E-state index in [1.165, 1.54) is 28.1 Å². The van der Waals surface area contributed by atoms with E-state index in [4.69, 9.17) is 11.6 Å². The number of carbonyl (C=O) groups is 1. The van der Waals surface area contributed by atoms with Crippen molar-refractivity contribution in [3.05, 3.63) is 75.6 Å². The maximum atomic E-state index is 13.9. The predicted octanol–water partition coefficient (Wildman–Crippen LogP) is 5.01. The first-order valence-electron chi connectivity index (χ1n) is 8.62. The van der Waals surface area contributed by atoms with Gasteiger partial charge in [0, 0.05) is 42.4 Å². The topological polar surface area (TPSA) is 35.9 Å². The zero-order chi connectivity index (χ0) is 19.8. The van der Waals surface area contributed by atoms with Gasteiger partial charge in [-0.3, -0.25) is 0 Å². The van der Waals surface area contributed by atoms with E-state index in [0.717, 1.165) is 11.6 Å². The Hall–Kier alpha value is -2.80. The normalized spacial score (nSPS) is 18.4. The molecule has 0 saturated carbocycles. The number of nitrogens with zero attached hydrogens (tertiary/aromatic N) is 3. The van der Waals surface area contributed by atoms with Crippen LogP contribution in [0.1, 0.15) is 23.6 Å². The van der Waals surface area contributed by atoms with Crippen molar-refractivity contribution >= 4 is 29.9 Å². The number of hydrogen-bond donors (Lipinski definition) is 0. The molecule has 0 N–H and O–H groups in total. The first-order valence-corrected chi connectivity index (χ1v) is 8.99. The van der Waals surface area contributed by atoms with Gasteiger partial charge in [-0.25, -0.2) is 23.0 Å². The molecule has 0 bridgehead atoms. The predicted molar refractivity (Wildman–Crippen MR) is 100 cm³/mol. The molecule has 4 rings (SSSR count). The first-order chi connectivity index (χ1) is 13.4. The molecule has 28 heavy (non-hydrogen) atoms. The van der Waals surface area contributed by atoms with Gasteiger partial charge in [0.1, 0.15) is 17.5 Å². The summed E-state index contributed by atoms with van der Waals surface area (Å²) in [4.78, 5) is 14.3. The van der Waals surface area contributed by atoms with Crippen LogP contribution < -0.4 is 0 Å². The molecule has 0 radical (unpaired) electrons. The van der Waals surface area contributed by atoms with Crippen molar-refractivity contribution in [2.75, 3.05) is 13.1 Å². The Morgan fingerprint density at radius 2 is 1.82 bits per heavy atom. The number of carbonyl (C=O) groups excluding carboxylic acids is 1. The molecule has 144 valence electrons. The molecule has 2 aliphatic rings. The third kappa shape index (κ3) is 3.62. The molecule has 0 spiro atoms. The van der Waals surface area contributed by atoms with Gasteiger partial charge >= 0.3 is 6.03 Å². The number of likely N-dealkylation sites (tertiary alicyclic amines) is 1. The number of amides is 2. The minimum atomic E-state index is -0.701. The van der Waals surface area contributed by atoms with E-state index in [0.29, 0.717) is 35.7 Å². The average Bonchev–Trinajstić information content (AvgIpc) is 3.07. The Morgan fingerprint density at radius 3 is 2.50 bits per heavy atom. The number of rotatable bonds is 2. The Kier molecular flexibility index (Phi) is 4.85. The second-order valence-electron chi connectivity index (χ2n) is 6.70. The Bertz CT molecular complexity index is 980. The van der Waals surface area contributed by atoms with Gasteiger partial charge < -0.3 is 4.90 Å². The highest BCUT2D eigenvalue weighted by molar-refractivity contribution is 6.30. The van der Waals surface area contributed by atoms with Crippen molar-refractivity contribution in [1.29, 1.82) is 0 Å². The van der Waals surface area contributed by atoms with Gasteiger partial charge in [0.05, 0.1) is 6.04 Å². The minimum absolute atomic E-state index is 0.316. The molecule has 0 aliphatic carbocycles. The van der Waals surface area contributed by atoms with E-state index in [1.807, 2.05) is 0 Å². The molecule has 2 aromatic rings. The zero-order valence-electron chi connectivity index (χ0n) is 14.6. The van der Waals surface area contributed by atoms with Gasteiger partial charge in [0.15, 0.2) is 0 Å². The number of hydrogen-bond acceptors (Lipinski definition) is 2. The summed E-state index contributed by atoms with van der Waals surface area (Å²) in [5, 5.41) is 5.61. The molecule has 2 heterocycles. The number of urea groups is 1. The van der Waals surface area contributed by atoms with Gasteiger partial charge in [-0.15, -0.1) is 0 Å². The van der Waals surface area contributed by atoms with Crippen LogP contribution in [-0.2, 0) is 0 Å². The minimum Gasteiger partial charge on any atom is -0.315 e. The SMILES string of the molecule is O=C(N1CC(=Cc2ccc(Cl)cc2F)C1)N1N=CCC1c1cc(F)cc(F)c1. The van der Waals surface area contributed by atoms with Crippen molar-refractivity contribution < 1.29 is 18.0 Å². The Morgan fingerprint density at radius 1 is 1.11 bits per heavy atom. The van der Waals surface area contributed by atoms with Gasteiger partial charge in [-0.05, 0) is 41.5 Å². The summed E-state index contributed by atoms with van der Waals surface area (Å²) in [6.07, 6.45) is 3.61. The van der Waals surface area contributed by atoms with Crippen LogP contribution >= 0.6 is 11.6 Å². The molecule has 0 aromatic heterocycles. The lowest BCUT2D eigenvalue weighted by molar-refractivity contribution is 0.136. The number of benzene rings is 2. The van der Waals surface area contributed by atoms with Crippen LogP contribution in [0.5, 0.6) is 0 Å². The lowest BCUT2D eigenvalue weighted by Crippen LogP contribution is -2.49. The van der Waals surface area contributed by atoms with Gasteiger partial charge in [-0.1, -0.05) is 17.7 Å². The van der Waals surface area contributed by atoms with Crippen molar-refractivity contribution in [3.8, 4) is 0 Å². The van der Waals surface area contributed by atoms with E-state index >= 15 is 0 Å². The highest BCUT2D eigenvalue weighted by atomic mass is 35.5. The van der Waals surface area contributed by atoms with Crippen molar-refractivity contribution in [3.63, 3.8) is 0 Å². The van der Waals surface area contributed by atoms with E-state index in [-0.39, 0.29) is 6.03 Å². The Balaban J connectivity index is 1.45. The fourth-order valence-corrected chi connectivity index (χ4v) is 3.46. The van der Waals surface area contributed by atoms with Crippen molar-refractivity contribution in [1.82, 2.24) is 9.91 Å². The van der Waals surface area contributed by atoms with Gasteiger partial charge in [-0.2, -0.15) is 5.10 Å². The van der Waals surface area contributed by atoms with Crippen LogP contribution in [0.15, 0.2) is 47.1 Å². The van der Waals surface area contributed by atoms with E-state index in [9.17, 15) is 18.0 Å². The monoisotopic (exact) mass is 405 g/mol. The smallest absolute Gasteiger partial charge is 0.315 e. The molecule has 2 aliphatic heterocycles. The van der Waals surface area contributed by atoms with Crippen LogP contribution in [-0.4, -0.2) is 35.2 Å². The molecule has 8 heteroatoms. The first kappa shape index (κ1) is 18.6. The van der Waals surface area contributed by atoms with Crippen LogP contribution in [0.4, 0.5) is 18.0 Å².